The van der Waals surface area contributed by atoms with Crippen LogP contribution in [0.3, 0.4) is 0 Å². The highest BCUT2D eigenvalue weighted by molar-refractivity contribution is 14.1. The molecule has 0 aliphatic rings. The van der Waals surface area contributed by atoms with Gasteiger partial charge in [0.1, 0.15) is 5.82 Å². The van der Waals surface area contributed by atoms with Gasteiger partial charge >= 0.3 is 0 Å². The van der Waals surface area contributed by atoms with Gasteiger partial charge in [-0.25, -0.2) is 4.39 Å². The summed E-state index contributed by atoms with van der Waals surface area (Å²) in [5.74, 6) is -0.323. The predicted molar refractivity (Wildman–Crippen MR) is 139 cm³/mol. The standard InChI is InChI=1S/C26H29FIN3O2/c1-15-18-12-20-19(13-21(18)31(29-15)24(32)25(2,3)4)22(28)23(26(5,6)14-33-7)30(20)17-10-8-16(27)9-11-17/h8-13H,14H2,1-7H3. The van der Waals surface area contributed by atoms with Crippen molar-refractivity contribution in [2.75, 3.05) is 13.7 Å². The first kappa shape index (κ1) is 23.9. The summed E-state index contributed by atoms with van der Waals surface area (Å²) in [5, 5.41) is 6.54. The van der Waals surface area contributed by atoms with Gasteiger partial charge in [-0.3, -0.25) is 4.79 Å². The molecule has 0 bridgehead atoms. The van der Waals surface area contributed by atoms with Gasteiger partial charge in [0.25, 0.3) is 5.91 Å². The maximum absolute atomic E-state index is 13.7. The zero-order chi connectivity index (χ0) is 24.3. The maximum Gasteiger partial charge on any atom is 0.252 e. The summed E-state index contributed by atoms with van der Waals surface area (Å²) in [7, 11) is 1.70. The van der Waals surface area contributed by atoms with E-state index in [0.29, 0.717) is 6.61 Å². The lowest BCUT2D eigenvalue weighted by molar-refractivity contribution is 0.0755. The number of nitrogens with zero attached hydrogens (tertiary/aromatic N) is 3. The summed E-state index contributed by atoms with van der Waals surface area (Å²) in [6, 6.07) is 10.7. The van der Waals surface area contributed by atoms with Crippen molar-refractivity contribution in [2.45, 2.75) is 47.0 Å². The largest absolute Gasteiger partial charge is 0.384 e. The number of rotatable bonds is 4. The van der Waals surface area contributed by atoms with Crippen LogP contribution >= 0.6 is 22.6 Å². The van der Waals surface area contributed by atoms with E-state index in [1.165, 1.54) is 16.8 Å². The fourth-order valence-corrected chi connectivity index (χ4v) is 5.77. The highest BCUT2D eigenvalue weighted by atomic mass is 127. The van der Waals surface area contributed by atoms with Crippen LogP contribution < -0.4 is 0 Å². The highest BCUT2D eigenvalue weighted by Crippen LogP contribution is 2.40. The van der Waals surface area contributed by atoms with E-state index in [-0.39, 0.29) is 17.1 Å². The first-order valence-corrected chi connectivity index (χ1v) is 12.0. The van der Waals surface area contributed by atoms with Gasteiger partial charge in [0, 0.05) is 43.7 Å². The molecule has 174 valence electrons. The van der Waals surface area contributed by atoms with Crippen LogP contribution in [0.25, 0.3) is 27.5 Å². The Labute approximate surface area is 207 Å². The van der Waals surface area contributed by atoms with Crippen LogP contribution in [-0.2, 0) is 10.2 Å². The second-order valence-corrected chi connectivity index (χ2v) is 11.3. The van der Waals surface area contributed by atoms with Gasteiger partial charge in [0.15, 0.2) is 0 Å². The highest BCUT2D eigenvalue weighted by Gasteiger charge is 2.32. The van der Waals surface area contributed by atoms with Crippen molar-refractivity contribution in [2.24, 2.45) is 5.41 Å². The number of methoxy groups -OCH3 is 1. The van der Waals surface area contributed by atoms with Gasteiger partial charge in [-0.1, -0.05) is 34.6 Å². The van der Waals surface area contributed by atoms with Crippen LogP contribution in [0.4, 0.5) is 4.39 Å². The van der Waals surface area contributed by atoms with Crippen molar-refractivity contribution in [3.63, 3.8) is 0 Å². The minimum absolute atomic E-state index is 0.0483. The van der Waals surface area contributed by atoms with Crippen molar-refractivity contribution in [1.29, 1.82) is 0 Å². The summed E-state index contributed by atoms with van der Waals surface area (Å²) >= 11 is 2.38. The molecule has 5 nitrogen and oxygen atoms in total. The van der Waals surface area contributed by atoms with E-state index in [1.54, 1.807) is 19.2 Å². The number of hydrogen-bond acceptors (Lipinski definition) is 3. The molecule has 0 fully saturated rings. The zero-order valence-corrected chi connectivity index (χ0v) is 22.2. The van der Waals surface area contributed by atoms with Crippen LogP contribution in [-0.4, -0.2) is 34.0 Å². The molecule has 7 heteroatoms. The molecule has 0 atom stereocenters. The molecule has 0 N–H and O–H groups in total. The van der Waals surface area contributed by atoms with E-state index < -0.39 is 5.41 Å². The Hall–Kier alpha value is -2.26. The number of fused-ring (bicyclic) bond motifs is 2. The fraction of sp³-hybridized carbons (Fsp3) is 0.385. The third-order valence-electron chi connectivity index (χ3n) is 5.96. The van der Waals surface area contributed by atoms with Gasteiger partial charge in [-0.15, -0.1) is 0 Å². The number of carbonyl (C=O) groups is 1. The van der Waals surface area contributed by atoms with Gasteiger partial charge in [-0.2, -0.15) is 9.78 Å². The smallest absolute Gasteiger partial charge is 0.252 e. The lowest BCUT2D eigenvalue weighted by Crippen LogP contribution is -2.27. The fourth-order valence-electron chi connectivity index (χ4n) is 4.37. The second-order valence-electron chi connectivity index (χ2n) is 10.2. The third kappa shape index (κ3) is 3.99. The zero-order valence-electron chi connectivity index (χ0n) is 20.1. The maximum atomic E-state index is 13.7. The third-order valence-corrected chi connectivity index (χ3v) is 7.05. The molecule has 2 heterocycles. The van der Waals surface area contributed by atoms with E-state index in [4.69, 9.17) is 4.74 Å². The van der Waals surface area contributed by atoms with Crippen LogP contribution in [0, 0.1) is 21.7 Å². The van der Waals surface area contributed by atoms with E-state index in [1.807, 2.05) is 27.7 Å². The Morgan fingerprint density at radius 2 is 1.67 bits per heavy atom. The molecule has 4 aromatic rings. The Kier molecular flexibility index (Phi) is 5.93. The molecule has 0 spiro atoms. The monoisotopic (exact) mass is 561 g/mol. The quantitative estimate of drug-likeness (QED) is 0.263. The lowest BCUT2D eigenvalue weighted by atomic mass is 9.90. The second kappa shape index (κ2) is 8.20. The molecule has 2 aromatic heterocycles. The Bertz CT molecular complexity index is 1380. The number of aryl methyl sites for hydroxylation is 1. The Morgan fingerprint density at radius 3 is 2.24 bits per heavy atom. The van der Waals surface area contributed by atoms with Crippen LogP contribution in [0.15, 0.2) is 36.4 Å². The molecule has 4 rings (SSSR count). The molecule has 0 saturated carbocycles. The predicted octanol–water partition coefficient (Wildman–Crippen LogP) is 6.64. The lowest BCUT2D eigenvalue weighted by Gasteiger charge is -2.27. The van der Waals surface area contributed by atoms with Crippen molar-refractivity contribution in [1.82, 2.24) is 14.3 Å². The number of halogens is 2. The molecule has 0 radical (unpaired) electrons. The first-order chi connectivity index (χ1) is 15.4. The molecule has 33 heavy (non-hydrogen) atoms. The Morgan fingerprint density at radius 1 is 1.06 bits per heavy atom. The molecule has 0 unspecified atom stereocenters. The SMILES string of the molecule is COCC(C)(C)c1c(I)c2cc3c(cc2n1-c1ccc(F)cc1)c(C)nn3C(=O)C(C)(C)C. The van der Waals surface area contributed by atoms with Gasteiger partial charge in [0.2, 0.25) is 0 Å². The summed E-state index contributed by atoms with van der Waals surface area (Å²) in [6.45, 7) is 12.4. The van der Waals surface area contributed by atoms with Crippen LogP contribution in [0.5, 0.6) is 0 Å². The van der Waals surface area contributed by atoms with Gasteiger partial charge in [0.05, 0.1) is 23.3 Å². The number of ether oxygens (including phenoxy) is 1. The normalized spacial score (nSPS) is 12.8. The number of aromatic nitrogens is 3. The average molecular weight is 561 g/mol. The van der Waals surface area contributed by atoms with Crippen molar-refractivity contribution < 1.29 is 13.9 Å². The van der Waals surface area contributed by atoms with E-state index >= 15 is 0 Å². The van der Waals surface area contributed by atoms with Crippen molar-refractivity contribution in [3.8, 4) is 5.69 Å². The topological polar surface area (TPSA) is 49.0 Å². The molecule has 0 amide bonds. The number of benzene rings is 2. The molecular formula is C26H29FIN3O2. The molecule has 0 aliphatic heterocycles. The first-order valence-electron chi connectivity index (χ1n) is 10.9. The van der Waals surface area contributed by atoms with E-state index in [0.717, 1.165) is 42.5 Å². The molecular weight excluding hydrogens is 532 g/mol. The van der Waals surface area contributed by atoms with Crippen molar-refractivity contribution >= 4 is 50.3 Å². The Balaban J connectivity index is 2.12. The number of carbonyl (C=O) groups excluding carboxylic acids is 1. The number of hydrogen-bond donors (Lipinski definition) is 0. The van der Waals surface area contributed by atoms with E-state index in [9.17, 15) is 9.18 Å². The van der Waals surface area contributed by atoms with E-state index in [2.05, 4.69) is 58.2 Å². The van der Waals surface area contributed by atoms with Crippen LogP contribution in [0.1, 0.15) is 50.8 Å². The molecule has 0 aliphatic carbocycles. The summed E-state index contributed by atoms with van der Waals surface area (Å²) in [6.07, 6.45) is 0. The van der Waals surface area contributed by atoms with Crippen molar-refractivity contribution in [3.05, 3.63) is 57.2 Å². The minimum Gasteiger partial charge on any atom is -0.384 e. The summed E-state index contributed by atoms with van der Waals surface area (Å²) in [4.78, 5) is 13.1. The molecule has 2 aromatic carbocycles. The van der Waals surface area contributed by atoms with Gasteiger partial charge in [-0.05, 0) is 65.9 Å². The average Bonchev–Trinajstić information content (AvgIpc) is 3.21. The van der Waals surface area contributed by atoms with Gasteiger partial charge < -0.3 is 9.30 Å². The summed E-state index contributed by atoms with van der Waals surface area (Å²) in [5.41, 5.74) is 3.67. The van der Waals surface area contributed by atoms with Crippen LogP contribution in [0.2, 0.25) is 0 Å². The molecule has 0 saturated heterocycles. The minimum atomic E-state index is -0.556. The summed E-state index contributed by atoms with van der Waals surface area (Å²) < 4.78 is 24.1.